The van der Waals surface area contributed by atoms with Gasteiger partial charge in [0.15, 0.2) is 0 Å². The molecule has 3 rings (SSSR count). The molecule has 0 unspecified atom stereocenters. The molecule has 1 aliphatic heterocycles. The van der Waals surface area contributed by atoms with Crippen LogP contribution in [-0.2, 0) is 0 Å². The van der Waals surface area contributed by atoms with Crippen LogP contribution in [0.5, 0.6) is 0 Å². The maximum atomic E-state index is 12.5. The topological polar surface area (TPSA) is 50.2 Å². The van der Waals surface area contributed by atoms with Gasteiger partial charge in [0.1, 0.15) is 0 Å². The molecule has 1 aromatic heterocycles. The van der Waals surface area contributed by atoms with Crippen molar-refractivity contribution < 1.29 is 4.79 Å². The van der Waals surface area contributed by atoms with E-state index in [9.17, 15) is 4.79 Å². The van der Waals surface area contributed by atoms with Gasteiger partial charge in [0.2, 0.25) is 0 Å². The third kappa shape index (κ3) is 4.74. The number of nitrogens with one attached hydrogen (secondary N) is 1. The van der Waals surface area contributed by atoms with E-state index in [0.29, 0.717) is 12.1 Å². The molecule has 2 heterocycles. The molecule has 0 bridgehead atoms. The first-order valence-electron chi connectivity index (χ1n) is 9.35. The van der Waals surface area contributed by atoms with E-state index in [-0.39, 0.29) is 5.91 Å². The molecule has 1 aliphatic rings. The second-order valence-corrected chi connectivity index (χ2v) is 8.08. The van der Waals surface area contributed by atoms with Gasteiger partial charge >= 0.3 is 0 Å². The number of piperidine rings is 1. The molecule has 0 atom stereocenters. The number of likely N-dealkylation sites (tertiary alicyclic amines) is 1. The van der Waals surface area contributed by atoms with Crippen molar-refractivity contribution in [1.29, 1.82) is 0 Å². The molecule has 26 heavy (non-hydrogen) atoms. The average molecular weight is 419 g/mol. The number of aromatic nitrogens is 2. The quantitative estimate of drug-likeness (QED) is 0.725. The van der Waals surface area contributed by atoms with Gasteiger partial charge in [-0.25, -0.2) is 4.68 Å². The molecule has 5 nitrogen and oxygen atoms in total. The predicted octanol–water partition coefficient (Wildman–Crippen LogP) is 3.80. The Balaban J connectivity index is 1.50. The van der Waals surface area contributed by atoms with Gasteiger partial charge in [0.25, 0.3) is 5.91 Å². The second kappa shape index (κ2) is 8.82. The molecular weight excluding hydrogens is 392 g/mol. The van der Waals surface area contributed by atoms with Gasteiger partial charge < -0.3 is 10.2 Å². The normalized spacial score (nSPS) is 16.0. The van der Waals surface area contributed by atoms with Gasteiger partial charge in [-0.15, -0.1) is 0 Å². The summed E-state index contributed by atoms with van der Waals surface area (Å²) >= 11 is 3.43. The minimum Gasteiger partial charge on any atom is -0.352 e. The van der Waals surface area contributed by atoms with Crippen molar-refractivity contribution in [3.63, 3.8) is 0 Å². The Bertz CT molecular complexity index is 733. The third-order valence-corrected chi connectivity index (χ3v) is 5.67. The minimum absolute atomic E-state index is 0.0434. The van der Waals surface area contributed by atoms with Crippen molar-refractivity contribution in [1.82, 2.24) is 20.0 Å². The summed E-state index contributed by atoms with van der Waals surface area (Å²) in [7, 11) is 0. The third-order valence-electron chi connectivity index (χ3n) is 5.14. The van der Waals surface area contributed by atoms with Gasteiger partial charge in [-0.1, -0.05) is 22.9 Å². The molecule has 0 saturated carbocycles. The second-order valence-electron chi connectivity index (χ2n) is 7.17. The first-order chi connectivity index (χ1) is 12.5. The fraction of sp³-hybridized carbons (Fsp3) is 0.500. The lowest BCUT2D eigenvalue weighted by Crippen LogP contribution is -2.35. The molecule has 0 spiro atoms. The molecule has 2 aromatic rings. The Kier molecular flexibility index (Phi) is 6.48. The summed E-state index contributed by atoms with van der Waals surface area (Å²) in [6.07, 6.45) is 5.22. The van der Waals surface area contributed by atoms with Gasteiger partial charge in [0, 0.05) is 11.0 Å². The number of hydrogen-bond donors (Lipinski definition) is 1. The Morgan fingerprint density at radius 3 is 2.65 bits per heavy atom. The van der Waals surface area contributed by atoms with Crippen LogP contribution in [0.25, 0.3) is 5.69 Å². The maximum Gasteiger partial charge on any atom is 0.254 e. The molecule has 1 N–H and O–H groups in total. The molecule has 0 radical (unpaired) electrons. The van der Waals surface area contributed by atoms with Crippen molar-refractivity contribution >= 4 is 21.8 Å². The van der Waals surface area contributed by atoms with Crippen molar-refractivity contribution in [2.45, 2.75) is 33.1 Å². The van der Waals surface area contributed by atoms with Crippen molar-refractivity contribution in [3.8, 4) is 5.69 Å². The summed E-state index contributed by atoms with van der Waals surface area (Å²) < 4.78 is 2.82. The predicted molar refractivity (Wildman–Crippen MR) is 108 cm³/mol. The maximum absolute atomic E-state index is 12.5. The number of nitrogens with zero attached hydrogens (tertiary/aromatic N) is 3. The highest BCUT2D eigenvalue weighted by Gasteiger charge is 2.16. The lowest BCUT2D eigenvalue weighted by molar-refractivity contribution is 0.0950. The summed E-state index contributed by atoms with van der Waals surface area (Å²) in [5.41, 5.74) is 2.44. The highest BCUT2D eigenvalue weighted by molar-refractivity contribution is 9.10. The zero-order valence-electron chi connectivity index (χ0n) is 15.5. The van der Waals surface area contributed by atoms with Gasteiger partial charge in [-0.3, -0.25) is 4.79 Å². The number of carbonyl (C=O) groups excluding carboxylic acids is 1. The van der Waals surface area contributed by atoms with Crippen molar-refractivity contribution in [2.75, 3.05) is 26.2 Å². The van der Waals surface area contributed by atoms with Crippen LogP contribution in [-0.4, -0.2) is 46.8 Å². The van der Waals surface area contributed by atoms with Gasteiger partial charge in [0.05, 0.1) is 23.1 Å². The number of rotatable bonds is 6. The molecule has 1 fully saturated rings. The average Bonchev–Trinajstić information content (AvgIpc) is 3.02. The van der Waals surface area contributed by atoms with Crippen LogP contribution < -0.4 is 5.32 Å². The van der Waals surface area contributed by atoms with Crippen LogP contribution in [0.1, 0.15) is 42.2 Å². The largest absolute Gasteiger partial charge is 0.352 e. The smallest absolute Gasteiger partial charge is 0.254 e. The molecular formula is C20H27BrN4O. The van der Waals surface area contributed by atoms with Crippen molar-refractivity contribution in [2.24, 2.45) is 5.92 Å². The Hall–Kier alpha value is -1.66. The van der Waals surface area contributed by atoms with Gasteiger partial charge in [-0.2, -0.15) is 5.10 Å². The van der Waals surface area contributed by atoms with Crippen LogP contribution >= 0.6 is 15.9 Å². The number of carbonyl (C=O) groups is 1. The highest BCUT2D eigenvalue weighted by atomic mass is 79.9. The van der Waals surface area contributed by atoms with E-state index in [4.69, 9.17) is 0 Å². The van der Waals surface area contributed by atoms with Crippen LogP contribution in [0.3, 0.4) is 0 Å². The van der Waals surface area contributed by atoms with Crippen molar-refractivity contribution in [3.05, 3.63) is 46.2 Å². The number of benzene rings is 1. The highest BCUT2D eigenvalue weighted by Crippen LogP contribution is 2.18. The zero-order valence-corrected chi connectivity index (χ0v) is 17.1. The van der Waals surface area contributed by atoms with Crippen LogP contribution in [0.2, 0.25) is 0 Å². The molecule has 6 heteroatoms. The molecule has 1 saturated heterocycles. The van der Waals surface area contributed by atoms with E-state index in [1.54, 1.807) is 10.9 Å². The molecule has 1 aromatic carbocycles. The number of amides is 1. The number of hydrogen-bond acceptors (Lipinski definition) is 3. The molecule has 0 aliphatic carbocycles. The Morgan fingerprint density at radius 1 is 1.27 bits per heavy atom. The number of halogens is 1. The first-order valence-corrected chi connectivity index (χ1v) is 10.1. The fourth-order valence-corrected chi connectivity index (χ4v) is 3.62. The SMILES string of the molecule is Cc1c(C(=O)NCCCN2CCC(C)CC2)cnn1-c1ccc(Br)cc1. The molecule has 1 amide bonds. The first kappa shape index (κ1) is 19.1. The lowest BCUT2D eigenvalue weighted by Gasteiger charge is -2.30. The monoisotopic (exact) mass is 418 g/mol. The van der Waals surface area contributed by atoms with E-state index >= 15 is 0 Å². The van der Waals surface area contributed by atoms with E-state index in [0.717, 1.165) is 34.7 Å². The summed E-state index contributed by atoms with van der Waals surface area (Å²) in [4.78, 5) is 15.0. The van der Waals surface area contributed by atoms with Crippen LogP contribution in [0, 0.1) is 12.8 Å². The molecule has 140 valence electrons. The standard InChI is InChI=1S/C20H27BrN4O/c1-15-8-12-24(13-9-15)11-3-10-22-20(26)19-14-23-25(16(19)2)18-6-4-17(21)5-7-18/h4-7,14-15H,3,8-13H2,1-2H3,(H,22,26). The fourth-order valence-electron chi connectivity index (χ4n) is 3.36. The minimum atomic E-state index is -0.0434. The van der Waals surface area contributed by atoms with E-state index < -0.39 is 0 Å². The Morgan fingerprint density at radius 2 is 1.96 bits per heavy atom. The van der Waals surface area contributed by atoms with E-state index in [1.165, 1.54) is 25.9 Å². The summed E-state index contributed by atoms with van der Waals surface area (Å²) in [6.45, 7) is 8.40. The Labute approximate surface area is 163 Å². The van der Waals surface area contributed by atoms with E-state index in [2.05, 4.69) is 38.2 Å². The lowest BCUT2D eigenvalue weighted by atomic mass is 9.99. The van der Waals surface area contributed by atoms with Gasteiger partial charge in [-0.05, 0) is 76.0 Å². The van der Waals surface area contributed by atoms with Crippen LogP contribution in [0.15, 0.2) is 34.9 Å². The zero-order chi connectivity index (χ0) is 18.5. The van der Waals surface area contributed by atoms with Crippen LogP contribution in [0.4, 0.5) is 0 Å². The summed E-state index contributed by atoms with van der Waals surface area (Å²) in [5, 5.41) is 7.41. The summed E-state index contributed by atoms with van der Waals surface area (Å²) in [5.74, 6) is 0.814. The summed E-state index contributed by atoms with van der Waals surface area (Å²) in [6, 6.07) is 7.89. The van der Waals surface area contributed by atoms with E-state index in [1.807, 2.05) is 31.2 Å².